The maximum atomic E-state index is 11.2. The first kappa shape index (κ1) is 13.8. The third-order valence-corrected chi connectivity index (χ3v) is 3.31. The van der Waals surface area contributed by atoms with Crippen LogP contribution in [0.1, 0.15) is 23.8 Å². The number of nitrogens with zero attached hydrogens (tertiary/aromatic N) is 3. The van der Waals surface area contributed by atoms with Crippen molar-refractivity contribution in [3.63, 3.8) is 0 Å². The SMILES string of the molecule is CCCn1nnc(C(=O)O)c1-c1ccc(Cl)c(Cl)c1. The molecule has 0 aliphatic carbocycles. The lowest BCUT2D eigenvalue weighted by atomic mass is 10.1. The molecule has 0 spiro atoms. The molecule has 5 nitrogen and oxygen atoms in total. The quantitative estimate of drug-likeness (QED) is 0.940. The van der Waals surface area contributed by atoms with Crippen molar-refractivity contribution >= 4 is 29.2 Å². The second-order valence-electron chi connectivity index (χ2n) is 3.94. The van der Waals surface area contributed by atoms with Gasteiger partial charge in [-0.2, -0.15) is 0 Å². The molecule has 0 radical (unpaired) electrons. The molecule has 0 saturated heterocycles. The lowest BCUT2D eigenvalue weighted by Gasteiger charge is -2.07. The van der Waals surface area contributed by atoms with Gasteiger partial charge in [0.25, 0.3) is 0 Å². The zero-order valence-electron chi connectivity index (χ0n) is 10.1. The molecule has 1 aromatic carbocycles. The number of carboxylic acids is 1. The van der Waals surface area contributed by atoms with Crippen molar-refractivity contribution in [2.24, 2.45) is 0 Å². The topological polar surface area (TPSA) is 68.0 Å². The molecule has 0 unspecified atom stereocenters. The molecule has 1 heterocycles. The first-order valence-electron chi connectivity index (χ1n) is 5.66. The monoisotopic (exact) mass is 299 g/mol. The molecule has 2 rings (SSSR count). The number of aromatic carboxylic acids is 1. The van der Waals surface area contributed by atoms with E-state index in [1.807, 2.05) is 6.92 Å². The van der Waals surface area contributed by atoms with Gasteiger partial charge in [-0.05, 0) is 18.6 Å². The molecule has 0 bridgehead atoms. The summed E-state index contributed by atoms with van der Waals surface area (Å²) in [6, 6.07) is 4.93. The Morgan fingerprint density at radius 2 is 2.11 bits per heavy atom. The molecular formula is C12H11Cl2N3O2. The Hall–Kier alpha value is -1.59. The van der Waals surface area contributed by atoms with E-state index < -0.39 is 5.97 Å². The molecule has 1 aromatic heterocycles. The van der Waals surface area contributed by atoms with E-state index in [0.29, 0.717) is 27.8 Å². The van der Waals surface area contributed by atoms with Crippen LogP contribution in [-0.4, -0.2) is 26.1 Å². The number of halogens is 2. The fourth-order valence-corrected chi connectivity index (χ4v) is 2.05. The highest BCUT2D eigenvalue weighted by Gasteiger charge is 2.20. The third kappa shape index (κ3) is 2.72. The van der Waals surface area contributed by atoms with E-state index in [9.17, 15) is 4.79 Å². The highest BCUT2D eigenvalue weighted by molar-refractivity contribution is 6.42. The Balaban J connectivity index is 2.60. The van der Waals surface area contributed by atoms with E-state index in [0.717, 1.165) is 6.42 Å². The number of hydrogen-bond acceptors (Lipinski definition) is 3. The van der Waals surface area contributed by atoms with Gasteiger partial charge in [-0.25, -0.2) is 9.48 Å². The highest BCUT2D eigenvalue weighted by Crippen LogP contribution is 2.29. The third-order valence-electron chi connectivity index (χ3n) is 2.57. The van der Waals surface area contributed by atoms with E-state index in [2.05, 4.69) is 10.3 Å². The summed E-state index contributed by atoms with van der Waals surface area (Å²) in [6.45, 7) is 2.55. The number of aryl methyl sites for hydroxylation is 1. The Kier molecular flexibility index (Phi) is 4.07. The lowest BCUT2D eigenvalue weighted by Crippen LogP contribution is -2.04. The van der Waals surface area contributed by atoms with E-state index in [-0.39, 0.29) is 5.69 Å². The number of benzene rings is 1. The highest BCUT2D eigenvalue weighted by atomic mass is 35.5. The van der Waals surface area contributed by atoms with Gasteiger partial charge in [0.2, 0.25) is 0 Å². The Morgan fingerprint density at radius 1 is 1.37 bits per heavy atom. The smallest absolute Gasteiger partial charge is 0.358 e. The van der Waals surface area contributed by atoms with Gasteiger partial charge in [-0.15, -0.1) is 5.10 Å². The maximum Gasteiger partial charge on any atom is 0.358 e. The van der Waals surface area contributed by atoms with Gasteiger partial charge in [0.15, 0.2) is 5.69 Å². The molecular weight excluding hydrogens is 289 g/mol. The van der Waals surface area contributed by atoms with Crippen LogP contribution in [0, 0.1) is 0 Å². The van der Waals surface area contributed by atoms with Gasteiger partial charge >= 0.3 is 5.97 Å². The minimum absolute atomic E-state index is 0.0909. The molecule has 0 saturated carbocycles. The van der Waals surface area contributed by atoms with Crippen molar-refractivity contribution in [3.05, 3.63) is 33.9 Å². The van der Waals surface area contributed by atoms with Gasteiger partial charge in [-0.3, -0.25) is 0 Å². The first-order chi connectivity index (χ1) is 9.04. The summed E-state index contributed by atoms with van der Waals surface area (Å²) in [5, 5.41) is 17.5. The van der Waals surface area contributed by atoms with Gasteiger partial charge in [0.05, 0.1) is 10.0 Å². The molecule has 100 valence electrons. The molecule has 0 aliphatic heterocycles. The summed E-state index contributed by atoms with van der Waals surface area (Å²) in [7, 11) is 0. The Labute approximate surface area is 119 Å². The van der Waals surface area contributed by atoms with Crippen LogP contribution in [0.2, 0.25) is 10.0 Å². The second kappa shape index (κ2) is 5.59. The summed E-state index contributed by atoms with van der Waals surface area (Å²) in [5.41, 5.74) is 0.977. The van der Waals surface area contributed by atoms with Crippen LogP contribution >= 0.6 is 23.2 Å². The van der Waals surface area contributed by atoms with Crippen molar-refractivity contribution in [3.8, 4) is 11.3 Å². The molecule has 0 aliphatic rings. The Bertz CT molecular complexity index is 625. The second-order valence-corrected chi connectivity index (χ2v) is 4.76. The summed E-state index contributed by atoms with van der Waals surface area (Å²) in [4.78, 5) is 11.2. The zero-order valence-corrected chi connectivity index (χ0v) is 11.6. The number of hydrogen-bond donors (Lipinski definition) is 1. The van der Waals surface area contributed by atoms with E-state index in [4.69, 9.17) is 28.3 Å². The van der Waals surface area contributed by atoms with Crippen molar-refractivity contribution in [2.75, 3.05) is 0 Å². The van der Waals surface area contributed by atoms with Crippen LogP contribution in [0.25, 0.3) is 11.3 Å². The average Bonchev–Trinajstić information content (AvgIpc) is 2.77. The number of carbonyl (C=O) groups is 1. The molecule has 7 heteroatoms. The molecule has 0 atom stereocenters. The fraction of sp³-hybridized carbons (Fsp3) is 0.250. The van der Waals surface area contributed by atoms with E-state index in [1.54, 1.807) is 22.9 Å². The number of carboxylic acid groups (broad SMARTS) is 1. The normalized spacial score (nSPS) is 10.7. The fourth-order valence-electron chi connectivity index (χ4n) is 1.75. The molecule has 1 N–H and O–H groups in total. The van der Waals surface area contributed by atoms with Crippen molar-refractivity contribution < 1.29 is 9.90 Å². The van der Waals surface area contributed by atoms with Gasteiger partial charge in [-0.1, -0.05) is 41.4 Å². The van der Waals surface area contributed by atoms with Crippen LogP contribution in [0.3, 0.4) is 0 Å². The molecule has 19 heavy (non-hydrogen) atoms. The summed E-state index contributed by atoms with van der Waals surface area (Å²) < 4.78 is 1.56. The van der Waals surface area contributed by atoms with Crippen LogP contribution in [0.5, 0.6) is 0 Å². The lowest BCUT2D eigenvalue weighted by molar-refractivity contribution is 0.0691. The minimum Gasteiger partial charge on any atom is -0.476 e. The minimum atomic E-state index is -1.12. The first-order valence-corrected chi connectivity index (χ1v) is 6.42. The molecule has 0 fully saturated rings. The van der Waals surface area contributed by atoms with Crippen LogP contribution in [0.4, 0.5) is 0 Å². The van der Waals surface area contributed by atoms with Crippen molar-refractivity contribution in [1.82, 2.24) is 15.0 Å². The van der Waals surface area contributed by atoms with Gasteiger partial charge < -0.3 is 5.11 Å². The van der Waals surface area contributed by atoms with Crippen molar-refractivity contribution in [1.29, 1.82) is 0 Å². The molecule has 0 amide bonds. The summed E-state index contributed by atoms with van der Waals surface area (Å²) in [5.74, 6) is -1.12. The zero-order chi connectivity index (χ0) is 14.0. The summed E-state index contributed by atoms with van der Waals surface area (Å²) in [6.07, 6.45) is 0.816. The summed E-state index contributed by atoms with van der Waals surface area (Å²) >= 11 is 11.8. The maximum absolute atomic E-state index is 11.2. The Morgan fingerprint density at radius 3 is 2.68 bits per heavy atom. The van der Waals surface area contributed by atoms with Crippen LogP contribution < -0.4 is 0 Å². The standard InChI is InChI=1S/C12H11Cl2N3O2/c1-2-5-17-11(10(12(18)19)15-16-17)7-3-4-8(13)9(14)6-7/h3-4,6H,2,5H2,1H3,(H,18,19). The number of aromatic nitrogens is 3. The predicted octanol–water partition coefficient (Wildman–Crippen LogP) is 3.36. The van der Waals surface area contributed by atoms with E-state index in [1.165, 1.54) is 0 Å². The van der Waals surface area contributed by atoms with Gasteiger partial charge in [0, 0.05) is 12.1 Å². The van der Waals surface area contributed by atoms with Crippen molar-refractivity contribution in [2.45, 2.75) is 19.9 Å². The van der Waals surface area contributed by atoms with Crippen LogP contribution in [0.15, 0.2) is 18.2 Å². The predicted molar refractivity (Wildman–Crippen MR) is 72.7 cm³/mol. The number of rotatable bonds is 4. The van der Waals surface area contributed by atoms with Gasteiger partial charge in [0.1, 0.15) is 5.69 Å². The average molecular weight is 300 g/mol. The molecule has 2 aromatic rings. The van der Waals surface area contributed by atoms with Crippen LogP contribution in [-0.2, 0) is 6.54 Å². The largest absolute Gasteiger partial charge is 0.476 e. The van der Waals surface area contributed by atoms with E-state index >= 15 is 0 Å².